The van der Waals surface area contributed by atoms with Crippen molar-refractivity contribution < 1.29 is 9.50 Å². The van der Waals surface area contributed by atoms with Gasteiger partial charge in [-0.3, -0.25) is 4.90 Å². The molecule has 0 aromatic rings. The molecule has 0 amide bonds. The summed E-state index contributed by atoms with van der Waals surface area (Å²) in [7, 11) is 0. The fourth-order valence-corrected chi connectivity index (χ4v) is 2.47. The van der Waals surface area contributed by atoms with E-state index in [9.17, 15) is 9.50 Å². The van der Waals surface area contributed by atoms with Crippen LogP contribution in [0.1, 0.15) is 19.3 Å². The fraction of sp³-hybridized carbons (Fsp3) is 0.778. The van der Waals surface area contributed by atoms with Crippen LogP contribution in [0.25, 0.3) is 0 Å². The zero-order chi connectivity index (χ0) is 8.60. The minimum absolute atomic E-state index is 0.0993. The molecular weight excluding hydrogens is 157 g/mol. The lowest BCUT2D eigenvalue weighted by molar-refractivity contribution is 0.1000. The Bertz CT molecular complexity index is 217. The molecule has 0 bridgehead atoms. The summed E-state index contributed by atoms with van der Waals surface area (Å²) in [6, 6.07) is 0. The first-order valence-electron chi connectivity index (χ1n) is 4.45. The Morgan fingerprint density at radius 3 is 3.08 bits per heavy atom. The number of rotatable bonds is 1. The molecule has 12 heavy (non-hydrogen) atoms. The number of nitrogens with zero attached hydrogens (tertiary/aromatic N) is 1. The molecule has 2 heterocycles. The quantitative estimate of drug-likeness (QED) is 0.638. The minimum atomic E-state index is -0.0993. The van der Waals surface area contributed by atoms with E-state index in [1.807, 2.05) is 0 Å². The molecule has 2 rings (SSSR count). The predicted molar refractivity (Wildman–Crippen MR) is 44.4 cm³/mol. The van der Waals surface area contributed by atoms with Crippen LogP contribution in [0.4, 0.5) is 4.39 Å². The van der Waals surface area contributed by atoms with E-state index in [1.54, 1.807) is 0 Å². The first-order chi connectivity index (χ1) is 5.80. The summed E-state index contributed by atoms with van der Waals surface area (Å²) < 4.78 is 12.2. The molecule has 0 saturated carbocycles. The van der Waals surface area contributed by atoms with Crippen LogP contribution in [0, 0.1) is 0 Å². The van der Waals surface area contributed by atoms with Crippen molar-refractivity contribution in [3.05, 3.63) is 11.9 Å². The Balaban J connectivity index is 2.20. The second-order valence-corrected chi connectivity index (χ2v) is 3.85. The molecule has 2 aliphatic heterocycles. The third-order valence-corrected chi connectivity index (χ3v) is 3.14. The Morgan fingerprint density at radius 2 is 2.50 bits per heavy atom. The summed E-state index contributed by atoms with van der Waals surface area (Å²) >= 11 is 0. The number of hydrogen-bond acceptors (Lipinski definition) is 2. The van der Waals surface area contributed by atoms with Crippen LogP contribution in [-0.4, -0.2) is 35.2 Å². The molecule has 1 N–H and O–H groups in total. The van der Waals surface area contributed by atoms with Crippen LogP contribution in [-0.2, 0) is 0 Å². The molecule has 3 heteroatoms. The van der Waals surface area contributed by atoms with E-state index in [4.69, 9.17) is 0 Å². The van der Waals surface area contributed by atoms with Gasteiger partial charge in [-0.05, 0) is 31.4 Å². The number of fused-ring (bicyclic) bond motifs is 1. The van der Waals surface area contributed by atoms with Gasteiger partial charge >= 0.3 is 0 Å². The van der Waals surface area contributed by atoms with Gasteiger partial charge in [-0.2, -0.15) is 0 Å². The van der Waals surface area contributed by atoms with E-state index in [0.717, 1.165) is 37.9 Å². The van der Waals surface area contributed by atoms with E-state index in [1.165, 1.54) is 0 Å². The lowest BCUT2D eigenvalue weighted by atomic mass is 9.94. The first-order valence-corrected chi connectivity index (χ1v) is 4.45. The molecule has 1 atom stereocenters. The summed E-state index contributed by atoms with van der Waals surface area (Å²) in [6.45, 7) is 1.90. The molecule has 0 aromatic carbocycles. The molecule has 2 aliphatic rings. The van der Waals surface area contributed by atoms with Crippen molar-refractivity contribution in [1.29, 1.82) is 0 Å². The van der Waals surface area contributed by atoms with Gasteiger partial charge < -0.3 is 5.11 Å². The smallest absolute Gasteiger partial charge is 0.0872 e. The SMILES string of the molecule is OC[C@@]12CCCN1CC(=CF)C2. The van der Waals surface area contributed by atoms with Crippen LogP contribution < -0.4 is 0 Å². The maximum Gasteiger partial charge on any atom is 0.0872 e. The van der Waals surface area contributed by atoms with Gasteiger partial charge in [0.05, 0.1) is 12.9 Å². The van der Waals surface area contributed by atoms with E-state index in [-0.39, 0.29) is 12.1 Å². The predicted octanol–water partition coefficient (Wildman–Crippen LogP) is 1.07. The van der Waals surface area contributed by atoms with Gasteiger partial charge in [0, 0.05) is 12.1 Å². The first kappa shape index (κ1) is 8.20. The van der Waals surface area contributed by atoms with Crippen LogP contribution in [0.2, 0.25) is 0 Å². The fourth-order valence-electron chi connectivity index (χ4n) is 2.47. The third-order valence-electron chi connectivity index (χ3n) is 3.14. The number of halogens is 1. The summed E-state index contributed by atoms with van der Waals surface area (Å²) in [5, 5.41) is 9.25. The zero-order valence-electron chi connectivity index (χ0n) is 7.09. The summed E-state index contributed by atoms with van der Waals surface area (Å²) in [5.41, 5.74) is 0.738. The normalized spacial score (nSPS) is 39.3. The third kappa shape index (κ3) is 1.00. The van der Waals surface area contributed by atoms with E-state index in [0.29, 0.717) is 6.33 Å². The van der Waals surface area contributed by atoms with Gasteiger partial charge in [-0.1, -0.05) is 0 Å². The van der Waals surface area contributed by atoms with Gasteiger partial charge in [0.1, 0.15) is 0 Å². The Kier molecular flexibility index (Phi) is 1.93. The number of aliphatic hydroxyl groups is 1. The van der Waals surface area contributed by atoms with Gasteiger partial charge in [-0.25, -0.2) is 4.39 Å². The standard InChI is InChI=1S/C9H14FNO/c10-5-8-4-9(7-12)2-1-3-11(9)6-8/h5,12H,1-4,6-7H2/t9-/m0/s1. The molecule has 0 unspecified atom stereocenters. The lowest BCUT2D eigenvalue weighted by Gasteiger charge is -2.28. The Labute approximate surface area is 71.7 Å². The van der Waals surface area contributed by atoms with Crippen LogP contribution in [0.3, 0.4) is 0 Å². The molecule has 0 aliphatic carbocycles. The zero-order valence-corrected chi connectivity index (χ0v) is 7.09. The molecule has 0 aromatic heterocycles. The van der Waals surface area contributed by atoms with Crippen molar-refractivity contribution in [2.24, 2.45) is 0 Å². The highest BCUT2D eigenvalue weighted by Gasteiger charge is 2.45. The van der Waals surface area contributed by atoms with Crippen LogP contribution in [0.5, 0.6) is 0 Å². The van der Waals surface area contributed by atoms with E-state index < -0.39 is 0 Å². The Hall–Kier alpha value is -0.410. The van der Waals surface area contributed by atoms with Gasteiger partial charge in [0.25, 0.3) is 0 Å². The molecule has 0 spiro atoms. The number of hydrogen-bond donors (Lipinski definition) is 1. The average Bonchev–Trinajstić information content (AvgIpc) is 2.58. The highest BCUT2D eigenvalue weighted by Crippen LogP contribution is 2.40. The molecule has 2 fully saturated rings. The van der Waals surface area contributed by atoms with Crippen molar-refractivity contribution in [2.75, 3.05) is 19.7 Å². The van der Waals surface area contributed by atoms with Crippen molar-refractivity contribution in [1.82, 2.24) is 4.90 Å². The second kappa shape index (κ2) is 2.82. The maximum atomic E-state index is 12.2. The van der Waals surface area contributed by atoms with Crippen molar-refractivity contribution in [3.8, 4) is 0 Å². The average molecular weight is 171 g/mol. The van der Waals surface area contributed by atoms with Crippen molar-refractivity contribution in [2.45, 2.75) is 24.8 Å². The monoisotopic (exact) mass is 171 g/mol. The van der Waals surface area contributed by atoms with Crippen LogP contribution in [0.15, 0.2) is 11.9 Å². The van der Waals surface area contributed by atoms with Gasteiger partial charge in [-0.15, -0.1) is 0 Å². The largest absolute Gasteiger partial charge is 0.394 e. The van der Waals surface area contributed by atoms with E-state index >= 15 is 0 Å². The minimum Gasteiger partial charge on any atom is -0.394 e. The lowest BCUT2D eigenvalue weighted by Crippen LogP contribution is -2.41. The number of aliphatic hydroxyl groups excluding tert-OH is 1. The molecule has 0 radical (unpaired) electrons. The Morgan fingerprint density at radius 1 is 1.67 bits per heavy atom. The highest BCUT2D eigenvalue weighted by molar-refractivity contribution is 5.18. The van der Waals surface area contributed by atoms with Gasteiger partial charge in [0.2, 0.25) is 0 Å². The van der Waals surface area contributed by atoms with Gasteiger partial charge in [0.15, 0.2) is 0 Å². The summed E-state index contributed by atoms with van der Waals surface area (Å²) in [5.74, 6) is 0. The van der Waals surface area contributed by atoms with Crippen molar-refractivity contribution >= 4 is 0 Å². The molecule has 68 valence electrons. The molecule has 2 nitrogen and oxygen atoms in total. The molecular formula is C9H14FNO. The van der Waals surface area contributed by atoms with Crippen LogP contribution >= 0.6 is 0 Å². The second-order valence-electron chi connectivity index (χ2n) is 3.85. The summed E-state index contributed by atoms with van der Waals surface area (Å²) in [4.78, 5) is 2.21. The van der Waals surface area contributed by atoms with Crippen molar-refractivity contribution in [3.63, 3.8) is 0 Å². The highest BCUT2D eigenvalue weighted by atomic mass is 19.1. The maximum absolute atomic E-state index is 12.2. The summed E-state index contributed by atoms with van der Waals surface area (Å²) in [6.07, 6.45) is 3.58. The topological polar surface area (TPSA) is 23.5 Å². The van der Waals surface area contributed by atoms with E-state index in [2.05, 4.69) is 4.90 Å². The molecule has 2 saturated heterocycles.